The first-order valence-corrected chi connectivity index (χ1v) is 10.2. The zero-order chi connectivity index (χ0) is 16.8. The molecule has 2 rings (SSSR count). The fourth-order valence-electron chi connectivity index (χ4n) is 3.20. The van der Waals surface area contributed by atoms with Crippen molar-refractivity contribution in [3.05, 3.63) is 0 Å². The molecule has 0 aromatic rings. The molecule has 2 fully saturated rings. The van der Waals surface area contributed by atoms with Crippen LogP contribution in [0.2, 0.25) is 0 Å². The van der Waals surface area contributed by atoms with Crippen molar-refractivity contribution in [3.63, 3.8) is 0 Å². The van der Waals surface area contributed by atoms with E-state index in [1.54, 1.807) is 0 Å². The van der Waals surface area contributed by atoms with E-state index in [9.17, 15) is 5.11 Å². The van der Waals surface area contributed by atoms with Gasteiger partial charge in [0.2, 0.25) is 0 Å². The number of halogens is 1. The third-order valence-corrected chi connectivity index (χ3v) is 6.08. The summed E-state index contributed by atoms with van der Waals surface area (Å²) in [6, 6.07) is 0. The van der Waals surface area contributed by atoms with E-state index < -0.39 is 5.60 Å². The molecule has 0 amide bonds. The quantitative estimate of drug-likeness (QED) is 0.316. The summed E-state index contributed by atoms with van der Waals surface area (Å²) in [6.45, 7) is 11.2. The number of hydrogen-bond donors (Lipinski definition) is 3. The maximum Gasteiger partial charge on any atom is 0.191 e. The summed E-state index contributed by atoms with van der Waals surface area (Å²) in [5.74, 6) is 2.69. The first-order chi connectivity index (χ1) is 11.0. The van der Waals surface area contributed by atoms with Crippen LogP contribution in [0, 0.1) is 0 Å². The van der Waals surface area contributed by atoms with E-state index in [4.69, 9.17) is 4.99 Å². The molecule has 2 heterocycles. The third kappa shape index (κ3) is 6.88. The number of likely N-dealkylation sites (tertiary alicyclic amines) is 1. The molecule has 0 saturated carbocycles. The molecule has 142 valence electrons. The molecular weight excluding hydrogens is 435 g/mol. The standard InChI is InChI=1S/C17H34N4OS.HI/c1-4-18-15(20-13-17(22)8-11-23-14-17)19-12-16(2,3)21-9-6-5-7-10-21;/h22H,4-14H2,1-3H3,(H2,18,19,20);1H. The van der Waals surface area contributed by atoms with Gasteiger partial charge in [0.25, 0.3) is 0 Å². The highest BCUT2D eigenvalue weighted by molar-refractivity contribution is 14.0. The smallest absolute Gasteiger partial charge is 0.191 e. The number of guanidine groups is 1. The molecule has 0 radical (unpaired) electrons. The number of rotatable bonds is 6. The Hall–Kier alpha value is 0.270. The van der Waals surface area contributed by atoms with Gasteiger partial charge in [-0.05, 0) is 58.9 Å². The molecule has 2 saturated heterocycles. The van der Waals surface area contributed by atoms with Crippen LogP contribution in [0.3, 0.4) is 0 Å². The number of aliphatic imine (C=N–C) groups is 1. The molecule has 0 aliphatic carbocycles. The molecule has 0 aromatic heterocycles. The molecule has 0 bridgehead atoms. The monoisotopic (exact) mass is 470 g/mol. The van der Waals surface area contributed by atoms with Crippen molar-refractivity contribution in [1.29, 1.82) is 0 Å². The summed E-state index contributed by atoms with van der Waals surface area (Å²) in [7, 11) is 0. The lowest BCUT2D eigenvalue weighted by molar-refractivity contribution is 0.0723. The lowest BCUT2D eigenvalue weighted by Gasteiger charge is -2.40. The highest BCUT2D eigenvalue weighted by Crippen LogP contribution is 2.27. The molecule has 2 aliphatic heterocycles. The zero-order valence-corrected chi connectivity index (χ0v) is 18.6. The van der Waals surface area contributed by atoms with Gasteiger partial charge in [0.1, 0.15) is 0 Å². The van der Waals surface area contributed by atoms with Crippen LogP contribution in [-0.2, 0) is 0 Å². The number of nitrogens with zero attached hydrogens (tertiary/aromatic N) is 2. The Balaban J connectivity index is 0.00000288. The molecule has 5 nitrogen and oxygen atoms in total. The highest BCUT2D eigenvalue weighted by Gasteiger charge is 2.32. The topological polar surface area (TPSA) is 59.9 Å². The predicted octanol–water partition coefficient (Wildman–Crippen LogP) is 2.29. The van der Waals surface area contributed by atoms with Gasteiger partial charge < -0.3 is 15.7 Å². The summed E-state index contributed by atoms with van der Waals surface area (Å²) >= 11 is 1.83. The first kappa shape index (κ1) is 22.3. The number of hydrogen-bond acceptors (Lipinski definition) is 4. The lowest BCUT2D eigenvalue weighted by Crippen LogP contribution is -2.51. The van der Waals surface area contributed by atoms with Gasteiger partial charge >= 0.3 is 0 Å². The summed E-state index contributed by atoms with van der Waals surface area (Å²) < 4.78 is 0. The number of nitrogens with one attached hydrogen (secondary N) is 2. The molecule has 1 atom stereocenters. The van der Waals surface area contributed by atoms with Gasteiger partial charge in [0.05, 0.1) is 12.1 Å². The molecule has 7 heteroatoms. The molecule has 2 aliphatic rings. The van der Waals surface area contributed by atoms with Crippen LogP contribution >= 0.6 is 35.7 Å². The summed E-state index contributed by atoms with van der Waals surface area (Å²) in [5, 5.41) is 17.1. The average molecular weight is 470 g/mol. The summed E-state index contributed by atoms with van der Waals surface area (Å²) in [6.07, 6.45) is 4.83. The normalized spacial score (nSPS) is 26.1. The first-order valence-electron chi connectivity index (χ1n) is 9.03. The number of piperidine rings is 1. The molecule has 1 unspecified atom stereocenters. The van der Waals surface area contributed by atoms with Gasteiger partial charge in [-0.3, -0.25) is 9.89 Å². The van der Waals surface area contributed by atoms with Crippen molar-refractivity contribution in [2.45, 2.75) is 57.6 Å². The van der Waals surface area contributed by atoms with Crippen molar-refractivity contribution in [2.24, 2.45) is 4.99 Å². The highest BCUT2D eigenvalue weighted by atomic mass is 127. The van der Waals surface area contributed by atoms with E-state index in [0.717, 1.165) is 37.0 Å². The van der Waals surface area contributed by atoms with Crippen LogP contribution in [0.1, 0.15) is 46.5 Å². The van der Waals surface area contributed by atoms with Gasteiger partial charge in [0.15, 0.2) is 5.96 Å². The van der Waals surface area contributed by atoms with E-state index in [0.29, 0.717) is 6.54 Å². The van der Waals surface area contributed by atoms with Crippen LogP contribution in [0.4, 0.5) is 0 Å². The summed E-state index contributed by atoms with van der Waals surface area (Å²) in [5.41, 5.74) is -0.494. The average Bonchev–Trinajstić information content (AvgIpc) is 2.98. The van der Waals surface area contributed by atoms with Crippen LogP contribution < -0.4 is 10.6 Å². The Morgan fingerprint density at radius 1 is 1.25 bits per heavy atom. The molecular formula is C17H35IN4OS. The Kier molecular flexibility index (Phi) is 9.69. The second-order valence-corrected chi connectivity index (χ2v) is 8.54. The van der Waals surface area contributed by atoms with Crippen molar-refractivity contribution < 1.29 is 5.11 Å². The van der Waals surface area contributed by atoms with Gasteiger partial charge in [-0.15, -0.1) is 24.0 Å². The Bertz CT molecular complexity index is 394. The Morgan fingerprint density at radius 3 is 2.54 bits per heavy atom. The van der Waals surface area contributed by atoms with Crippen LogP contribution in [0.25, 0.3) is 0 Å². The van der Waals surface area contributed by atoms with E-state index in [2.05, 4.69) is 36.3 Å². The van der Waals surface area contributed by atoms with Crippen LogP contribution in [0.5, 0.6) is 0 Å². The van der Waals surface area contributed by atoms with Crippen LogP contribution in [-0.4, -0.2) is 71.3 Å². The fraction of sp³-hybridized carbons (Fsp3) is 0.941. The van der Waals surface area contributed by atoms with Gasteiger partial charge in [-0.1, -0.05) is 6.42 Å². The minimum Gasteiger partial charge on any atom is -0.387 e. The SMILES string of the molecule is CCNC(=NCC(C)(C)N1CCCCC1)NCC1(O)CCSC1.I. The molecule has 3 N–H and O–H groups in total. The Labute approximate surface area is 168 Å². The van der Waals surface area contributed by atoms with Gasteiger partial charge in [0, 0.05) is 24.4 Å². The van der Waals surface area contributed by atoms with Crippen molar-refractivity contribution in [1.82, 2.24) is 15.5 Å². The minimum atomic E-state index is -0.580. The zero-order valence-electron chi connectivity index (χ0n) is 15.4. The van der Waals surface area contributed by atoms with Crippen LogP contribution in [0.15, 0.2) is 4.99 Å². The van der Waals surface area contributed by atoms with Crippen molar-refractivity contribution in [3.8, 4) is 0 Å². The van der Waals surface area contributed by atoms with Gasteiger partial charge in [-0.2, -0.15) is 11.8 Å². The second-order valence-electron chi connectivity index (χ2n) is 7.44. The lowest BCUT2D eigenvalue weighted by atomic mass is 9.99. The van der Waals surface area contributed by atoms with E-state index in [1.807, 2.05) is 11.8 Å². The van der Waals surface area contributed by atoms with Gasteiger partial charge in [-0.25, -0.2) is 0 Å². The number of aliphatic hydroxyl groups is 1. The number of thioether (sulfide) groups is 1. The minimum absolute atomic E-state index is 0. The Morgan fingerprint density at radius 2 is 1.96 bits per heavy atom. The third-order valence-electron chi connectivity index (χ3n) is 4.85. The fourth-order valence-corrected chi connectivity index (χ4v) is 4.49. The predicted molar refractivity (Wildman–Crippen MR) is 116 cm³/mol. The largest absolute Gasteiger partial charge is 0.387 e. The van der Waals surface area contributed by atoms with E-state index in [1.165, 1.54) is 32.4 Å². The molecule has 0 spiro atoms. The van der Waals surface area contributed by atoms with Crippen molar-refractivity contribution >= 4 is 41.7 Å². The second kappa shape index (κ2) is 10.4. The van der Waals surface area contributed by atoms with Crippen molar-refractivity contribution in [2.75, 3.05) is 44.2 Å². The maximum atomic E-state index is 10.5. The maximum absolute atomic E-state index is 10.5. The summed E-state index contributed by atoms with van der Waals surface area (Å²) in [4.78, 5) is 7.35. The van der Waals surface area contributed by atoms with E-state index >= 15 is 0 Å². The molecule has 24 heavy (non-hydrogen) atoms. The molecule has 0 aromatic carbocycles. The van der Waals surface area contributed by atoms with E-state index in [-0.39, 0.29) is 29.5 Å².